The van der Waals surface area contributed by atoms with Crippen LogP contribution in [0.15, 0.2) is 30.5 Å². The molecule has 0 unspecified atom stereocenters. The Morgan fingerprint density at radius 3 is 2.80 bits per heavy atom. The number of hydrogen-bond acceptors (Lipinski definition) is 2. The van der Waals surface area contributed by atoms with Crippen LogP contribution in [-0.2, 0) is 23.9 Å². The van der Waals surface area contributed by atoms with Gasteiger partial charge in [-0.3, -0.25) is 9.48 Å². The number of carbonyl (C=O) groups excluding carboxylic acids is 1. The molecule has 1 aliphatic rings. The van der Waals surface area contributed by atoms with Crippen LogP contribution in [-0.4, -0.2) is 27.2 Å². The molecule has 1 fully saturated rings. The number of nitrogens with zero attached hydrogens (tertiary/aromatic N) is 2. The van der Waals surface area contributed by atoms with Gasteiger partial charge in [0.1, 0.15) is 0 Å². The largest absolute Gasteiger partial charge is 0.436 e. The number of rotatable bonds is 8. The van der Waals surface area contributed by atoms with E-state index in [0.29, 0.717) is 31.5 Å². The van der Waals surface area contributed by atoms with Gasteiger partial charge in [0.25, 0.3) is 0 Å². The Morgan fingerprint density at radius 2 is 2.07 bits per heavy atom. The number of benzene rings is 1. The molecule has 9 heteroatoms. The van der Waals surface area contributed by atoms with Gasteiger partial charge in [0, 0.05) is 42.5 Å². The first-order valence-electron chi connectivity index (χ1n) is 9.99. The van der Waals surface area contributed by atoms with Crippen LogP contribution in [0.5, 0.6) is 0 Å². The number of aryl methyl sites for hydroxylation is 2. The van der Waals surface area contributed by atoms with Crippen molar-refractivity contribution in [3.8, 4) is 0 Å². The van der Waals surface area contributed by atoms with Crippen LogP contribution >= 0.6 is 11.6 Å². The molecular formula is C21H22ClF3N4O. The Bertz CT molecular complexity index is 1050. The highest BCUT2D eigenvalue weighted by atomic mass is 35.5. The van der Waals surface area contributed by atoms with Crippen molar-refractivity contribution >= 4 is 28.4 Å². The zero-order valence-corrected chi connectivity index (χ0v) is 17.0. The minimum Gasteiger partial charge on any atom is -0.361 e. The number of halogens is 4. The zero-order chi connectivity index (χ0) is 21.3. The number of para-hydroxylation sites is 1. The van der Waals surface area contributed by atoms with E-state index in [9.17, 15) is 18.0 Å². The molecule has 2 aromatic heterocycles. The van der Waals surface area contributed by atoms with E-state index in [4.69, 9.17) is 11.6 Å². The monoisotopic (exact) mass is 438 g/mol. The molecule has 0 spiro atoms. The summed E-state index contributed by atoms with van der Waals surface area (Å²) >= 11 is 5.97. The van der Waals surface area contributed by atoms with Gasteiger partial charge in [-0.15, -0.1) is 0 Å². The van der Waals surface area contributed by atoms with E-state index in [0.717, 1.165) is 29.3 Å². The fourth-order valence-corrected chi connectivity index (χ4v) is 4.08. The van der Waals surface area contributed by atoms with Gasteiger partial charge >= 0.3 is 6.18 Å². The first kappa shape index (κ1) is 20.8. The summed E-state index contributed by atoms with van der Waals surface area (Å²) in [4.78, 5) is 15.3. The summed E-state index contributed by atoms with van der Waals surface area (Å²) in [7, 11) is 0. The van der Waals surface area contributed by atoms with Crippen LogP contribution < -0.4 is 5.32 Å². The Morgan fingerprint density at radius 1 is 1.30 bits per heavy atom. The normalized spacial score (nSPS) is 14.4. The maximum Gasteiger partial charge on any atom is 0.436 e. The van der Waals surface area contributed by atoms with Crippen molar-refractivity contribution in [3.63, 3.8) is 0 Å². The standard InChI is InChI=1S/C21H22ClF3N4O/c22-18-19(13-6-7-13)29(28-20(18)21(23,24)25)11-3-10-26-17(30)9-8-14-12-27-16-5-2-1-4-15(14)16/h1-2,4-5,12-13,27H,3,6-11H2,(H,26,30). The van der Waals surface area contributed by atoms with Crippen molar-refractivity contribution in [1.82, 2.24) is 20.1 Å². The fourth-order valence-electron chi connectivity index (χ4n) is 3.68. The van der Waals surface area contributed by atoms with Crippen molar-refractivity contribution in [2.75, 3.05) is 6.54 Å². The van der Waals surface area contributed by atoms with Gasteiger partial charge in [-0.2, -0.15) is 18.3 Å². The molecule has 2 N–H and O–H groups in total. The first-order chi connectivity index (χ1) is 14.3. The SMILES string of the molecule is O=C(CCc1c[nH]c2ccccc12)NCCCn1nc(C(F)(F)F)c(Cl)c1C1CC1. The lowest BCUT2D eigenvalue weighted by Gasteiger charge is -2.08. The lowest BCUT2D eigenvalue weighted by atomic mass is 10.1. The average molecular weight is 439 g/mol. The molecule has 0 radical (unpaired) electrons. The number of amides is 1. The van der Waals surface area contributed by atoms with Crippen LogP contribution in [0.4, 0.5) is 13.2 Å². The van der Waals surface area contributed by atoms with E-state index in [-0.39, 0.29) is 23.4 Å². The molecule has 3 aromatic rings. The smallest absolute Gasteiger partial charge is 0.361 e. The van der Waals surface area contributed by atoms with Gasteiger partial charge in [-0.25, -0.2) is 0 Å². The van der Waals surface area contributed by atoms with E-state index in [1.807, 2.05) is 30.5 Å². The first-order valence-corrected chi connectivity index (χ1v) is 10.4. The number of hydrogen-bond donors (Lipinski definition) is 2. The Hall–Kier alpha value is -2.48. The quantitative estimate of drug-likeness (QED) is 0.483. The maximum absolute atomic E-state index is 13.1. The molecule has 1 saturated carbocycles. The molecule has 0 bridgehead atoms. The van der Waals surface area contributed by atoms with E-state index < -0.39 is 11.9 Å². The summed E-state index contributed by atoms with van der Waals surface area (Å²) in [6, 6.07) is 7.91. The number of aromatic amines is 1. The molecule has 1 aromatic carbocycles. The minimum absolute atomic E-state index is 0.0480. The average Bonchev–Trinajstić information content (AvgIpc) is 3.35. The molecule has 1 amide bonds. The molecule has 2 heterocycles. The van der Waals surface area contributed by atoms with Gasteiger partial charge in [-0.05, 0) is 37.3 Å². The van der Waals surface area contributed by atoms with Gasteiger partial charge in [0.2, 0.25) is 5.91 Å². The third kappa shape index (κ3) is 4.48. The number of aromatic nitrogens is 3. The minimum atomic E-state index is -4.57. The van der Waals surface area contributed by atoms with Gasteiger partial charge in [0.15, 0.2) is 5.69 Å². The summed E-state index contributed by atoms with van der Waals surface area (Å²) < 4.78 is 40.7. The van der Waals surface area contributed by atoms with E-state index >= 15 is 0 Å². The molecule has 1 aliphatic carbocycles. The van der Waals surface area contributed by atoms with Crippen molar-refractivity contribution in [2.45, 2.75) is 50.7 Å². The Labute approximate surface area is 176 Å². The van der Waals surface area contributed by atoms with Crippen LogP contribution in [0, 0.1) is 0 Å². The summed E-state index contributed by atoms with van der Waals surface area (Å²) in [5, 5.41) is 7.36. The molecule has 160 valence electrons. The van der Waals surface area contributed by atoms with Gasteiger partial charge in [-0.1, -0.05) is 29.8 Å². The lowest BCUT2D eigenvalue weighted by molar-refractivity contribution is -0.141. The third-order valence-corrected chi connectivity index (χ3v) is 5.70. The summed E-state index contributed by atoms with van der Waals surface area (Å²) in [5.41, 5.74) is 1.57. The van der Waals surface area contributed by atoms with Gasteiger partial charge < -0.3 is 10.3 Å². The highest BCUT2D eigenvalue weighted by Crippen LogP contribution is 2.46. The Kier molecular flexibility index (Phi) is 5.77. The molecular weight excluding hydrogens is 417 g/mol. The van der Waals surface area contributed by atoms with Crippen molar-refractivity contribution in [1.29, 1.82) is 0 Å². The second-order valence-corrected chi connectivity index (χ2v) is 7.98. The predicted octanol–water partition coefficient (Wildman–Crippen LogP) is 5.05. The van der Waals surface area contributed by atoms with Crippen LogP contribution in [0.2, 0.25) is 5.02 Å². The topological polar surface area (TPSA) is 62.7 Å². The van der Waals surface area contributed by atoms with E-state index in [1.165, 1.54) is 4.68 Å². The summed E-state index contributed by atoms with van der Waals surface area (Å²) in [6.45, 7) is 0.653. The zero-order valence-electron chi connectivity index (χ0n) is 16.2. The number of alkyl halides is 3. The van der Waals surface area contributed by atoms with Crippen molar-refractivity contribution in [2.24, 2.45) is 0 Å². The second-order valence-electron chi connectivity index (χ2n) is 7.61. The number of carbonyl (C=O) groups is 1. The highest BCUT2D eigenvalue weighted by molar-refractivity contribution is 6.32. The molecule has 30 heavy (non-hydrogen) atoms. The Balaban J connectivity index is 1.27. The number of H-pyrrole nitrogens is 1. The fraction of sp³-hybridized carbons (Fsp3) is 0.429. The number of nitrogens with one attached hydrogen (secondary N) is 2. The maximum atomic E-state index is 13.1. The lowest BCUT2D eigenvalue weighted by Crippen LogP contribution is -2.25. The summed E-state index contributed by atoms with van der Waals surface area (Å²) in [5.74, 6) is -0.0379. The van der Waals surface area contributed by atoms with Crippen LogP contribution in [0.3, 0.4) is 0 Å². The highest BCUT2D eigenvalue weighted by Gasteiger charge is 2.41. The number of fused-ring (bicyclic) bond motifs is 1. The second kappa shape index (κ2) is 8.34. The molecule has 4 rings (SSSR count). The molecule has 0 saturated heterocycles. The molecule has 0 aliphatic heterocycles. The van der Waals surface area contributed by atoms with Crippen LogP contribution in [0.25, 0.3) is 10.9 Å². The van der Waals surface area contributed by atoms with Crippen LogP contribution in [0.1, 0.15) is 48.6 Å². The molecule has 0 atom stereocenters. The van der Waals surface area contributed by atoms with E-state index in [2.05, 4.69) is 15.4 Å². The van der Waals surface area contributed by atoms with Crippen molar-refractivity contribution < 1.29 is 18.0 Å². The predicted molar refractivity (Wildman–Crippen MR) is 108 cm³/mol. The molecule has 5 nitrogen and oxygen atoms in total. The van der Waals surface area contributed by atoms with E-state index in [1.54, 1.807) is 0 Å². The third-order valence-electron chi connectivity index (χ3n) is 5.33. The van der Waals surface area contributed by atoms with Gasteiger partial charge in [0.05, 0.1) is 10.7 Å². The van der Waals surface area contributed by atoms with Crippen molar-refractivity contribution in [3.05, 3.63) is 52.4 Å². The summed E-state index contributed by atoms with van der Waals surface area (Å²) in [6.07, 6.45) is 0.445.